The fourth-order valence-electron chi connectivity index (χ4n) is 3.37. The van der Waals surface area contributed by atoms with Crippen LogP contribution in [0, 0.1) is 6.92 Å². The van der Waals surface area contributed by atoms with Gasteiger partial charge in [-0.3, -0.25) is 4.90 Å². The Balaban J connectivity index is 1.48. The molecular formula is C24H34N4O2. The van der Waals surface area contributed by atoms with Crippen LogP contribution >= 0.6 is 0 Å². The highest BCUT2D eigenvalue weighted by atomic mass is 16.5. The standard InChI is InChI=1S/C24H34N4O2/c1-3-25-24(26-18-21-7-4-6-20(2)16-21)27-19-22-8-5-9-23(17-22)30-15-12-28-10-13-29-14-11-28/h4-9,16-17H,3,10-15,18-19H2,1-2H3,(H2,25,26,27). The molecule has 1 fully saturated rings. The highest BCUT2D eigenvalue weighted by Crippen LogP contribution is 2.13. The van der Waals surface area contributed by atoms with E-state index in [-0.39, 0.29) is 0 Å². The van der Waals surface area contributed by atoms with Gasteiger partial charge in [0.05, 0.1) is 19.8 Å². The number of rotatable bonds is 9. The van der Waals surface area contributed by atoms with Gasteiger partial charge >= 0.3 is 0 Å². The predicted octanol–water partition coefficient (Wildman–Crippen LogP) is 2.96. The zero-order valence-electron chi connectivity index (χ0n) is 18.2. The van der Waals surface area contributed by atoms with Crippen LogP contribution in [0.25, 0.3) is 0 Å². The molecule has 3 rings (SSSR count). The Morgan fingerprint density at radius 3 is 2.67 bits per heavy atom. The van der Waals surface area contributed by atoms with Crippen LogP contribution in [-0.2, 0) is 17.8 Å². The van der Waals surface area contributed by atoms with Crippen LogP contribution in [0.1, 0.15) is 23.6 Å². The number of benzene rings is 2. The smallest absolute Gasteiger partial charge is 0.191 e. The molecule has 2 aromatic rings. The molecule has 0 aliphatic carbocycles. The molecule has 2 aromatic carbocycles. The van der Waals surface area contributed by atoms with Crippen molar-refractivity contribution in [2.45, 2.75) is 26.9 Å². The van der Waals surface area contributed by atoms with Crippen molar-refractivity contribution in [3.63, 3.8) is 0 Å². The van der Waals surface area contributed by atoms with Gasteiger partial charge in [0.1, 0.15) is 12.4 Å². The van der Waals surface area contributed by atoms with Crippen LogP contribution in [-0.4, -0.2) is 56.9 Å². The van der Waals surface area contributed by atoms with Crippen molar-refractivity contribution in [3.05, 3.63) is 65.2 Å². The Hall–Kier alpha value is -2.57. The molecule has 162 valence electrons. The van der Waals surface area contributed by atoms with E-state index >= 15 is 0 Å². The van der Waals surface area contributed by atoms with Gasteiger partial charge in [-0.1, -0.05) is 42.0 Å². The average molecular weight is 411 g/mol. The third-order valence-corrected chi connectivity index (χ3v) is 4.98. The predicted molar refractivity (Wildman–Crippen MR) is 122 cm³/mol. The number of aryl methyl sites for hydroxylation is 1. The summed E-state index contributed by atoms with van der Waals surface area (Å²) in [5.41, 5.74) is 3.63. The fourth-order valence-corrected chi connectivity index (χ4v) is 3.37. The minimum atomic E-state index is 0.654. The van der Waals surface area contributed by atoms with Crippen molar-refractivity contribution in [3.8, 4) is 5.75 Å². The zero-order valence-corrected chi connectivity index (χ0v) is 18.2. The second-order valence-electron chi connectivity index (χ2n) is 7.49. The zero-order chi connectivity index (χ0) is 21.0. The van der Waals surface area contributed by atoms with Gasteiger partial charge in [-0.15, -0.1) is 0 Å². The maximum absolute atomic E-state index is 5.96. The molecule has 0 aromatic heterocycles. The first-order valence-electron chi connectivity index (χ1n) is 10.8. The third kappa shape index (κ3) is 7.69. The summed E-state index contributed by atoms with van der Waals surface area (Å²) in [5, 5.41) is 6.73. The molecule has 1 heterocycles. The number of nitrogens with one attached hydrogen (secondary N) is 2. The van der Waals surface area contributed by atoms with Gasteiger partial charge in [0.15, 0.2) is 5.96 Å². The van der Waals surface area contributed by atoms with Gasteiger partial charge < -0.3 is 20.1 Å². The van der Waals surface area contributed by atoms with E-state index in [1.807, 2.05) is 12.1 Å². The first kappa shape index (κ1) is 22.1. The topological polar surface area (TPSA) is 58.1 Å². The van der Waals surface area contributed by atoms with Crippen LogP contribution in [0.3, 0.4) is 0 Å². The van der Waals surface area contributed by atoms with Gasteiger partial charge in [-0.05, 0) is 37.1 Å². The van der Waals surface area contributed by atoms with Crippen molar-refractivity contribution in [1.29, 1.82) is 0 Å². The van der Waals surface area contributed by atoms with E-state index in [1.54, 1.807) is 0 Å². The van der Waals surface area contributed by atoms with Crippen LogP contribution in [0.15, 0.2) is 53.5 Å². The Morgan fingerprint density at radius 2 is 1.87 bits per heavy atom. The Labute approximate surface area is 180 Å². The summed E-state index contributed by atoms with van der Waals surface area (Å²) >= 11 is 0. The number of aliphatic imine (C=N–C) groups is 1. The van der Waals surface area contributed by atoms with Gasteiger partial charge in [0.2, 0.25) is 0 Å². The second kappa shape index (κ2) is 12.2. The largest absolute Gasteiger partial charge is 0.492 e. The molecule has 1 aliphatic rings. The molecule has 6 heteroatoms. The monoisotopic (exact) mass is 410 g/mol. The molecule has 0 bridgehead atoms. The maximum Gasteiger partial charge on any atom is 0.191 e. The Kier molecular flexibility index (Phi) is 9.00. The number of hydrogen-bond acceptors (Lipinski definition) is 4. The lowest BCUT2D eigenvalue weighted by Crippen LogP contribution is -2.38. The van der Waals surface area contributed by atoms with Crippen molar-refractivity contribution in [2.75, 3.05) is 46.0 Å². The molecule has 0 atom stereocenters. The third-order valence-electron chi connectivity index (χ3n) is 4.98. The first-order chi connectivity index (χ1) is 14.7. The summed E-state index contributed by atoms with van der Waals surface area (Å²) in [7, 11) is 0. The highest BCUT2D eigenvalue weighted by Gasteiger charge is 2.09. The van der Waals surface area contributed by atoms with Gasteiger partial charge in [0.25, 0.3) is 0 Å². The minimum absolute atomic E-state index is 0.654. The van der Waals surface area contributed by atoms with E-state index < -0.39 is 0 Å². The van der Waals surface area contributed by atoms with Crippen molar-refractivity contribution in [2.24, 2.45) is 4.99 Å². The first-order valence-corrected chi connectivity index (χ1v) is 10.8. The summed E-state index contributed by atoms with van der Waals surface area (Å²) < 4.78 is 11.4. The van der Waals surface area contributed by atoms with Crippen LogP contribution in [0.5, 0.6) is 5.75 Å². The van der Waals surface area contributed by atoms with Crippen LogP contribution < -0.4 is 15.4 Å². The minimum Gasteiger partial charge on any atom is -0.492 e. The van der Waals surface area contributed by atoms with Gasteiger partial charge in [-0.25, -0.2) is 4.99 Å². The second-order valence-corrected chi connectivity index (χ2v) is 7.49. The normalized spacial score (nSPS) is 15.1. The average Bonchev–Trinajstić information content (AvgIpc) is 2.77. The lowest BCUT2D eigenvalue weighted by molar-refractivity contribution is 0.0322. The number of hydrogen-bond donors (Lipinski definition) is 2. The number of guanidine groups is 1. The van der Waals surface area contributed by atoms with Crippen LogP contribution in [0.4, 0.5) is 0 Å². The summed E-state index contributed by atoms with van der Waals surface area (Å²) in [4.78, 5) is 7.09. The fraction of sp³-hybridized carbons (Fsp3) is 0.458. The molecule has 6 nitrogen and oxygen atoms in total. The maximum atomic E-state index is 5.96. The number of morpholine rings is 1. The van der Waals surface area contributed by atoms with E-state index in [0.29, 0.717) is 19.7 Å². The number of nitrogens with zero attached hydrogens (tertiary/aromatic N) is 2. The number of ether oxygens (including phenoxy) is 2. The molecule has 0 radical (unpaired) electrons. The van der Waals surface area contributed by atoms with Gasteiger partial charge in [0, 0.05) is 32.7 Å². The Morgan fingerprint density at radius 1 is 1.07 bits per heavy atom. The quantitative estimate of drug-likeness (QED) is 0.492. The molecule has 1 saturated heterocycles. The molecule has 2 N–H and O–H groups in total. The van der Waals surface area contributed by atoms with Crippen molar-refractivity contribution < 1.29 is 9.47 Å². The molecule has 0 unspecified atom stereocenters. The van der Waals surface area contributed by atoms with Crippen molar-refractivity contribution >= 4 is 5.96 Å². The molecule has 1 aliphatic heterocycles. The van der Waals surface area contributed by atoms with Crippen molar-refractivity contribution in [1.82, 2.24) is 15.5 Å². The van der Waals surface area contributed by atoms with Crippen LogP contribution in [0.2, 0.25) is 0 Å². The Bertz CT molecular complexity index is 803. The van der Waals surface area contributed by atoms with E-state index in [0.717, 1.165) is 51.1 Å². The molecular weight excluding hydrogens is 376 g/mol. The van der Waals surface area contributed by atoms with E-state index in [2.05, 4.69) is 65.8 Å². The summed E-state index contributed by atoms with van der Waals surface area (Å²) in [6.45, 7) is 11.6. The van der Waals surface area contributed by atoms with E-state index in [1.165, 1.54) is 16.7 Å². The molecule has 0 saturated carbocycles. The summed E-state index contributed by atoms with van der Waals surface area (Å²) in [6.07, 6.45) is 0. The van der Waals surface area contributed by atoms with E-state index in [4.69, 9.17) is 14.5 Å². The molecule has 0 amide bonds. The van der Waals surface area contributed by atoms with Gasteiger partial charge in [-0.2, -0.15) is 0 Å². The van der Waals surface area contributed by atoms with E-state index in [9.17, 15) is 0 Å². The SMILES string of the molecule is CCNC(=NCc1cccc(C)c1)NCc1cccc(OCCN2CCOCC2)c1. The summed E-state index contributed by atoms with van der Waals surface area (Å²) in [5.74, 6) is 1.72. The lowest BCUT2D eigenvalue weighted by atomic mass is 10.1. The summed E-state index contributed by atoms with van der Waals surface area (Å²) in [6, 6.07) is 16.7. The molecule has 0 spiro atoms. The highest BCUT2D eigenvalue weighted by molar-refractivity contribution is 5.79. The molecule has 30 heavy (non-hydrogen) atoms. The lowest BCUT2D eigenvalue weighted by Gasteiger charge is -2.26.